The monoisotopic (exact) mass is 189 g/mol. The van der Waals surface area contributed by atoms with Gasteiger partial charge in [0.05, 0.1) is 0 Å². The zero-order valence-electron chi connectivity index (χ0n) is 6.54. The molecule has 1 rings (SSSR count). The van der Waals surface area contributed by atoms with Gasteiger partial charge in [0, 0.05) is 31.9 Å². The van der Waals surface area contributed by atoms with Gasteiger partial charge in [-0.2, -0.15) is 0 Å². The van der Waals surface area contributed by atoms with Crippen molar-refractivity contribution in [2.75, 3.05) is 6.54 Å². The first-order valence-corrected chi connectivity index (χ1v) is 4.60. The summed E-state index contributed by atoms with van der Waals surface area (Å²) in [5, 5.41) is 3.02. The third-order valence-corrected chi connectivity index (χ3v) is 2.47. The van der Waals surface area contributed by atoms with Crippen LogP contribution in [0.2, 0.25) is 0 Å². The second-order valence-corrected chi connectivity index (χ2v) is 3.30. The minimum absolute atomic E-state index is 0.967. The van der Waals surface area contributed by atoms with Crippen molar-refractivity contribution >= 4 is 24.2 Å². The van der Waals surface area contributed by atoms with Gasteiger partial charge in [-0.25, -0.2) is 4.98 Å². The van der Waals surface area contributed by atoms with Crippen LogP contribution in [-0.4, -0.2) is 16.1 Å². The molecule has 0 saturated carbocycles. The van der Waals surface area contributed by atoms with Crippen molar-refractivity contribution in [3.8, 4) is 0 Å². The first kappa shape index (κ1) is 9.12. The van der Waals surface area contributed by atoms with Gasteiger partial charge in [-0.3, -0.25) is 0 Å². The lowest BCUT2D eigenvalue weighted by Crippen LogP contribution is -2.12. The maximum absolute atomic E-state index is 4.16. The summed E-state index contributed by atoms with van der Waals surface area (Å²) in [6, 6.07) is 0. The number of nitrogens with zero attached hydrogens (tertiary/aromatic N) is 2. The van der Waals surface area contributed by atoms with Crippen molar-refractivity contribution in [2.24, 2.45) is 7.05 Å². The van der Waals surface area contributed by atoms with Crippen molar-refractivity contribution in [1.82, 2.24) is 14.6 Å². The molecule has 2 unspecified atom stereocenters. The fourth-order valence-electron chi connectivity index (χ4n) is 0.893. The molecule has 1 heterocycles. The van der Waals surface area contributed by atoms with E-state index in [0.29, 0.717) is 0 Å². The summed E-state index contributed by atoms with van der Waals surface area (Å²) in [6.07, 6.45) is 2.92. The summed E-state index contributed by atoms with van der Waals surface area (Å²) in [6.45, 7) is 0.967. The Labute approximate surface area is 71.4 Å². The van der Waals surface area contributed by atoms with Crippen LogP contribution in [0.3, 0.4) is 0 Å². The lowest BCUT2D eigenvalue weighted by Gasteiger charge is -2.01. The fraction of sp³-hybridized carbons (Fsp3) is 0.500. The Balaban J connectivity index is 2.63. The highest BCUT2D eigenvalue weighted by molar-refractivity contribution is 7.26. The molecule has 0 bridgehead atoms. The second-order valence-electron chi connectivity index (χ2n) is 2.37. The van der Waals surface area contributed by atoms with Gasteiger partial charge >= 0.3 is 0 Å². The Morgan fingerprint density at radius 3 is 2.91 bits per heavy atom. The number of imidazole rings is 1. The molecular weight excluding hydrogens is 176 g/mol. The van der Waals surface area contributed by atoms with Crippen LogP contribution in [0.15, 0.2) is 6.20 Å². The average molecular weight is 189 g/mol. The number of hydrogen-bond donors (Lipinski definition) is 1. The third-order valence-electron chi connectivity index (χ3n) is 1.65. The van der Waals surface area contributed by atoms with E-state index in [4.69, 9.17) is 0 Å². The first-order chi connectivity index (χ1) is 5.25. The van der Waals surface area contributed by atoms with E-state index < -0.39 is 0 Å². The van der Waals surface area contributed by atoms with Crippen LogP contribution in [0.25, 0.3) is 0 Å². The number of nitrogens with one attached hydrogen (secondary N) is 1. The normalized spacial score (nSPS) is 10.5. The highest BCUT2D eigenvalue weighted by atomic mass is 31.0. The van der Waals surface area contributed by atoms with Gasteiger partial charge in [0.2, 0.25) is 0 Å². The van der Waals surface area contributed by atoms with Crippen molar-refractivity contribution in [3.05, 3.63) is 11.9 Å². The van der Waals surface area contributed by atoms with Crippen LogP contribution in [0, 0.1) is 0 Å². The van der Waals surface area contributed by atoms with Crippen molar-refractivity contribution in [3.63, 3.8) is 0 Å². The smallest absolute Gasteiger partial charge is 0.125 e. The lowest BCUT2D eigenvalue weighted by molar-refractivity contribution is 0.803. The summed E-state index contributed by atoms with van der Waals surface area (Å²) < 4.78 is 2.08. The molecule has 0 aliphatic heterocycles. The quantitative estimate of drug-likeness (QED) is 0.670. The van der Waals surface area contributed by atoms with E-state index in [1.54, 1.807) is 0 Å². The number of hydrogen-bond acceptors (Lipinski definition) is 2. The molecule has 0 amide bonds. The molecular formula is C6H13N3P2. The van der Waals surface area contributed by atoms with E-state index in [1.165, 1.54) is 5.69 Å². The number of rotatable bonds is 3. The van der Waals surface area contributed by atoms with E-state index in [9.17, 15) is 0 Å². The zero-order chi connectivity index (χ0) is 8.27. The molecule has 2 atom stereocenters. The Kier molecular flexibility index (Phi) is 3.45. The van der Waals surface area contributed by atoms with E-state index in [-0.39, 0.29) is 0 Å². The maximum Gasteiger partial charge on any atom is 0.125 e. The molecule has 3 nitrogen and oxygen atoms in total. The van der Waals surface area contributed by atoms with Crippen LogP contribution in [0.1, 0.15) is 5.69 Å². The maximum atomic E-state index is 4.16. The van der Waals surface area contributed by atoms with Crippen molar-refractivity contribution in [1.29, 1.82) is 0 Å². The molecule has 1 aromatic rings. The van der Waals surface area contributed by atoms with Gasteiger partial charge in [0.25, 0.3) is 0 Å². The van der Waals surface area contributed by atoms with E-state index in [0.717, 1.165) is 18.5 Å². The number of aromatic nitrogens is 2. The highest BCUT2D eigenvalue weighted by Gasteiger charge is 2.00. The van der Waals surface area contributed by atoms with Gasteiger partial charge in [-0.1, -0.05) is 18.6 Å². The summed E-state index contributed by atoms with van der Waals surface area (Å²) >= 11 is 0. The topological polar surface area (TPSA) is 29.9 Å². The molecule has 11 heavy (non-hydrogen) atoms. The Morgan fingerprint density at radius 2 is 2.45 bits per heavy atom. The lowest BCUT2D eigenvalue weighted by atomic mass is 10.3. The minimum Gasteiger partial charge on any atom is -0.332 e. The van der Waals surface area contributed by atoms with Gasteiger partial charge in [-0.05, 0) is 0 Å². The van der Waals surface area contributed by atoms with Crippen LogP contribution >= 0.6 is 18.6 Å². The summed E-state index contributed by atoms with van der Waals surface area (Å²) in [5.74, 6) is 0. The highest BCUT2D eigenvalue weighted by Crippen LogP contribution is 1.97. The summed E-state index contributed by atoms with van der Waals surface area (Å²) in [5.41, 5.74) is 2.24. The van der Waals surface area contributed by atoms with Crippen LogP contribution in [0.4, 0.5) is 0 Å². The zero-order valence-corrected chi connectivity index (χ0v) is 8.85. The van der Waals surface area contributed by atoms with E-state index >= 15 is 0 Å². The Morgan fingerprint density at radius 1 is 1.73 bits per heavy atom. The molecule has 0 radical (unpaired) electrons. The molecule has 1 aromatic heterocycles. The van der Waals surface area contributed by atoms with Crippen LogP contribution in [0.5, 0.6) is 0 Å². The molecule has 0 aliphatic rings. The predicted octanol–water partition coefficient (Wildman–Crippen LogP) is -0.157. The predicted molar refractivity (Wildman–Crippen MR) is 54.0 cm³/mol. The van der Waals surface area contributed by atoms with Gasteiger partial charge in [0.1, 0.15) is 5.57 Å². The van der Waals surface area contributed by atoms with Crippen LogP contribution < -0.4 is 10.7 Å². The summed E-state index contributed by atoms with van der Waals surface area (Å²) in [4.78, 5) is 4.16. The fourth-order valence-corrected chi connectivity index (χ4v) is 1.28. The first-order valence-electron chi connectivity index (χ1n) is 3.45. The molecule has 0 aromatic carbocycles. The van der Waals surface area contributed by atoms with Crippen molar-refractivity contribution < 1.29 is 0 Å². The molecule has 1 N–H and O–H groups in total. The van der Waals surface area contributed by atoms with Crippen molar-refractivity contribution in [2.45, 2.75) is 6.42 Å². The SMILES string of the molecule is Cn1c(CCNP)cnc1P. The molecule has 5 heteroatoms. The second kappa shape index (κ2) is 4.15. The standard InChI is InChI=1S/C6H13N3P2/c1-9-5(2-3-8-11)4-7-6(9)10/h4,8H,2-3,10-11H2,1H3. The van der Waals surface area contributed by atoms with E-state index in [2.05, 4.69) is 33.3 Å². The Hall–Kier alpha value is 0.0300. The van der Waals surface area contributed by atoms with Gasteiger partial charge < -0.3 is 9.65 Å². The summed E-state index contributed by atoms with van der Waals surface area (Å²) in [7, 11) is 7.11. The molecule has 0 aliphatic carbocycles. The molecule has 0 fully saturated rings. The Bertz CT molecular complexity index is 234. The van der Waals surface area contributed by atoms with E-state index in [1.807, 2.05) is 13.2 Å². The van der Waals surface area contributed by atoms with Gasteiger partial charge in [-0.15, -0.1) is 0 Å². The third kappa shape index (κ3) is 2.23. The largest absolute Gasteiger partial charge is 0.332 e. The average Bonchev–Trinajstić information content (AvgIpc) is 2.31. The van der Waals surface area contributed by atoms with Gasteiger partial charge in [0.15, 0.2) is 0 Å². The minimum atomic E-state index is 0.967. The molecule has 62 valence electrons. The van der Waals surface area contributed by atoms with Crippen LogP contribution in [-0.2, 0) is 13.5 Å². The molecule has 0 saturated heterocycles. The molecule has 0 spiro atoms.